The zero-order valence-corrected chi connectivity index (χ0v) is 20.1. The van der Waals surface area contributed by atoms with Crippen LogP contribution < -0.4 is 0 Å². The van der Waals surface area contributed by atoms with E-state index >= 15 is 0 Å². The van der Waals surface area contributed by atoms with Gasteiger partial charge >= 0.3 is 13.8 Å². The normalized spacial score (nSPS) is 15.0. The van der Waals surface area contributed by atoms with Crippen molar-refractivity contribution in [1.29, 1.82) is 0 Å². The highest BCUT2D eigenvalue weighted by molar-refractivity contribution is 7.47. The molecule has 2 atom stereocenters. The van der Waals surface area contributed by atoms with Gasteiger partial charge in [-0.1, -0.05) is 58.3 Å². The summed E-state index contributed by atoms with van der Waals surface area (Å²) in [7, 11) is 1.49. The quantitative estimate of drug-likeness (QED) is 0.0702. The fourth-order valence-electron chi connectivity index (χ4n) is 2.59. The third kappa shape index (κ3) is 19.4. The lowest BCUT2D eigenvalue weighted by Gasteiger charge is -2.24. The summed E-state index contributed by atoms with van der Waals surface area (Å²) in [6, 6.07) is 0. The highest BCUT2D eigenvalue weighted by atomic mass is 31.2. The second-order valence-electron chi connectivity index (χ2n) is 8.60. The van der Waals surface area contributed by atoms with Crippen LogP contribution in [0.25, 0.3) is 0 Å². The third-order valence-electron chi connectivity index (χ3n) is 4.50. The number of hydrogen-bond acceptors (Lipinski definition) is 7. The van der Waals surface area contributed by atoms with Crippen LogP contribution in [0.5, 0.6) is 0 Å². The first-order chi connectivity index (χ1) is 14.1. The SMILES string of the molecule is CCCCCCCCCCCC(=O)OC[C@H](COP(=O)(O)OCC[N+](C)(C)C)OO. The smallest absolute Gasteiger partial charge is 0.463 e. The van der Waals surface area contributed by atoms with Gasteiger partial charge in [-0.15, -0.1) is 0 Å². The fourth-order valence-corrected chi connectivity index (χ4v) is 3.33. The Bertz CT molecular complexity index is 484. The van der Waals surface area contributed by atoms with Crippen molar-refractivity contribution >= 4 is 13.8 Å². The number of likely N-dealkylation sites (N-methyl/N-ethyl adjacent to an activating group) is 1. The number of phosphoric acid groups is 1. The first-order valence-electron chi connectivity index (χ1n) is 11.0. The summed E-state index contributed by atoms with van der Waals surface area (Å²) in [5, 5.41) is 8.88. The maximum atomic E-state index is 11.8. The van der Waals surface area contributed by atoms with Gasteiger partial charge in [-0.05, 0) is 6.42 Å². The molecular weight excluding hydrogens is 413 g/mol. The summed E-state index contributed by atoms with van der Waals surface area (Å²) in [6.07, 6.45) is 9.62. The van der Waals surface area contributed by atoms with Gasteiger partial charge in [0.15, 0.2) is 6.10 Å². The molecule has 0 spiro atoms. The average molecular weight is 457 g/mol. The summed E-state index contributed by atoms with van der Waals surface area (Å²) < 4.78 is 27.1. The molecule has 0 aliphatic heterocycles. The van der Waals surface area contributed by atoms with Crippen molar-refractivity contribution in [3.8, 4) is 0 Å². The number of nitrogens with zero attached hydrogens (tertiary/aromatic N) is 1. The molecule has 0 aromatic carbocycles. The molecule has 2 N–H and O–H groups in total. The van der Waals surface area contributed by atoms with Gasteiger partial charge in [0.1, 0.15) is 19.8 Å². The molecule has 30 heavy (non-hydrogen) atoms. The van der Waals surface area contributed by atoms with Crippen LogP contribution in [0, 0.1) is 0 Å². The predicted octanol–water partition coefficient (Wildman–Crippen LogP) is 4.15. The topological polar surface area (TPSA) is 112 Å². The molecule has 0 saturated carbocycles. The molecule has 0 bridgehead atoms. The van der Waals surface area contributed by atoms with Crippen LogP contribution in [0.15, 0.2) is 0 Å². The Balaban J connectivity index is 3.84. The van der Waals surface area contributed by atoms with Crippen molar-refractivity contribution in [2.24, 2.45) is 0 Å². The van der Waals surface area contributed by atoms with Crippen molar-refractivity contribution in [2.45, 2.75) is 77.2 Å². The number of rotatable bonds is 20. The van der Waals surface area contributed by atoms with E-state index < -0.39 is 26.5 Å². The predicted molar refractivity (Wildman–Crippen MR) is 115 cm³/mol. The van der Waals surface area contributed by atoms with Crippen molar-refractivity contribution in [2.75, 3.05) is 47.5 Å². The molecule has 0 heterocycles. The molecule has 180 valence electrons. The van der Waals surface area contributed by atoms with Gasteiger partial charge in [-0.3, -0.25) is 19.1 Å². The Morgan fingerprint density at radius 1 is 0.933 bits per heavy atom. The van der Waals surface area contributed by atoms with Gasteiger partial charge in [0.2, 0.25) is 0 Å². The lowest BCUT2D eigenvalue weighted by atomic mass is 10.1. The highest BCUT2D eigenvalue weighted by Crippen LogP contribution is 2.43. The van der Waals surface area contributed by atoms with Gasteiger partial charge in [0, 0.05) is 6.42 Å². The molecule has 0 rings (SSSR count). The Hall–Kier alpha value is -0.540. The van der Waals surface area contributed by atoms with Crippen LogP contribution in [-0.4, -0.2) is 74.2 Å². The Labute approximate surface area is 181 Å². The zero-order chi connectivity index (χ0) is 22.9. The molecule has 0 aliphatic carbocycles. The van der Waals surface area contributed by atoms with Gasteiger partial charge in [-0.2, -0.15) is 0 Å². The van der Waals surface area contributed by atoms with E-state index in [2.05, 4.69) is 11.8 Å². The standard InChI is InChI=1S/C20H42NO8P/c1-5-6-7-8-9-10-11-12-13-14-20(22)26-17-19(29-23)18-28-30(24,25)27-16-15-21(2,3)4/h19H,5-18H2,1-4H3,(H-,23,24,25)/p+1/t19-/m1/s1. The second kappa shape index (κ2) is 17.1. The summed E-state index contributed by atoms with van der Waals surface area (Å²) in [5.41, 5.74) is 0. The molecule has 0 radical (unpaired) electrons. The Morgan fingerprint density at radius 2 is 1.50 bits per heavy atom. The van der Waals surface area contributed by atoms with Gasteiger partial charge in [0.25, 0.3) is 0 Å². The lowest BCUT2D eigenvalue weighted by Crippen LogP contribution is -2.37. The van der Waals surface area contributed by atoms with Crippen molar-refractivity contribution in [1.82, 2.24) is 0 Å². The number of hydrogen-bond donors (Lipinski definition) is 2. The number of esters is 1. The van der Waals surface area contributed by atoms with Crippen LogP contribution in [0.3, 0.4) is 0 Å². The number of quaternary nitrogens is 1. The van der Waals surface area contributed by atoms with E-state index in [1.807, 2.05) is 21.1 Å². The average Bonchev–Trinajstić information content (AvgIpc) is 2.65. The summed E-state index contributed by atoms with van der Waals surface area (Å²) in [5.74, 6) is -0.397. The van der Waals surface area contributed by atoms with Crippen LogP contribution >= 0.6 is 7.82 Å². The van der Waals surface area contributed by atoms with Gasteiger partial charge < -0.3 is 14.1 Å². The van der Waals surface area contributed by atoms with Crippen LogP contribution in [0.4, 0.5) is 0 Å². The minimum atomic E-state index is -4.27. The lowest BCUT2D eigenvalue weighted by molar-refractivity contribution is -0.870. The first-order valence-corrected chi connectivity index (χ1v) is 12.5. The first kappa shape index (κ1) is 29.5. The fraction of sp³-hybridized carbons (Fsp3) is 0.950. The van der Waals surface area contributed by atoms with E-state index in [0.717, 1.165) is 19.3 Å². The molecular formula is C20H43NO8P+. The molecule has 10 heteroatoms. The number of phosphoric ester groups is 1. The molecule has 0 aromatic heterocycles. The van der Waals surface area contributed by atoms with E-state index in [1.165, 1.54) is 38.5 Å². The van der Waals surface area contributed by atoms with Gasteiger partial charge in [-0.25, -0.2) is 9.45 Å². The maximum Gasteiger partial charge on any atom is 0.472 e. The molecule has 1 unspecified atom stereocenters. The van der Waals surface area contributed by atoms with Crippen molar-refractivity contribution < 1.29 is 42.7 Å². The number of carbonyl (C=O) groups excluding carboxylic acids is 1. The number of carbonyl (C=O) groups is 1. The minimum Gasteiger partial charge on any atom is -0.463 e. The molecule has 0 aromatic rings. The van der Waals surface area contributed by atoms with Crippen LogP contribution in [0.2, 0.25) is 0 Å². The van der Waals surface area contributed by atoms with Crippen molar-refractivity contribution in [3.05, 3.63) is 0 Å². The Morgan fingerprint density at radius 3 is 2.03 bits per heavy atom. The van der Waals surface area contributed by atoms with E-state index in [0.29, 0.717) is 17.4 Å². The molecule has 9 nitrogen and oxygen atoms in total. The highest BCUT2D eigenvalue weighted by Gasteiger charge is 2.25. The van der Waals surface area contributed by atoms with Gasteiger partial charge in [0.05, 0.1) is 27.7 Å². The molecule has 0 aliphatic rings. The van der Waals surface area contributed by atoms with E-state index in [4.69, 9.17) is 19.0 Å². The summed E-state index contributed by atoms with van der Waals surface area (Å²) in [6.45, 7) is 2.04. The summed E-state index contributed by atoms with van der Waals surface area (Å²) >= 11 is 0. The zero-order valence-electron chi connectivity index (χ0n) is 19.2. The summed E-state index contributed by atoms with van der Waals surface area (Å²) in [4.78, 5) is 25.6. The number of unbranched alkanes of at least 4 members (excludes halogenated alkanes) is 8. The monoisotopic (exact) mass is 456 g/mol. The third-order valence-corrected chi connectivity index (χ3v) is 5.49. The molecule has 0 amide bonds. The van der Waals surface area contributed by atoms with Crippen molar-refractivity contribution in [3.63, 3.8) is 0 Å². The van der Waals surface area contributed by atoms with Crippen LogP contribution in [0.1, 0.15) is 71.1 Å². The minimum absolute atomic E-state index is 0.0374. The van der Waals surface area contributed by atoms with E-state index in [-0.39, 0.29) is 13.2 Å². The Kier molecular flexibility index (Phi) is 16.8. The van der Waals surface area contributed by atoms with E-state index in [9.17, 15) is 14.3 Å². The second-order valence-corrected chi connectivity index (χ2v) is 10.1. The maximum absolute atomic E-state index is 11.8. The number of ether oxygens (including phenoxy) is 1. The molecule has 0 saturated heterocycles. The van der Waals surface area contributed by atoms with E-state index in [1.54, 1.807) is 0 Å². The van der Waals surface area contributed by atoms with Crippen LogP contribution in [-0.2, 0) is 28.0 Å². The molecule has 0 fully saturated rings. The largest absolute Gasteiger partial charge is 0.472 e.